The van der Waals surface area contributed by atoms with Crippen LogP contribution in [0.15, 0.2) is 30.4 Å². The number of fused-ring (bicyclic) bond motifs is 2. The standard InChI is InChI=1S/C20H24N2O4/c1-12-4-3-5-14(13(12)2)21-8-10-22(11-9-21)19(23)17-15-6-7-16(26-15)18(17)20(24)25/h3-7,15-18H,8-11H2,1-2H3,(H,24,25)/t15-,16+,17+,18-/m0/s1. The first-order valence-corrected chi connectivity index (χ1v) is 9.14. The van der Waals surface area contributed by atoms with Gasteiger partial charge in [0, 0.05) is 31.9 Å². The molecule has 1 aromatic carbocycles. The number of benzene rings is 1. The van der Waals surface area contributed by atoms with E-state index < -0.39 is 30.0 Å². The van der Waals surface area contributed by atoms with Crippen molar-refractivity contribution in [2.75, 3.05) is 31.1 Å². The number of nitrogens with zero attached hydrogens (tertiary/aromatic N) is 2. The summed E-state index contributed by atoms with van der Waals surface area (Å²) in [5, 5.41) is 9.51. The first-order chi connectivity index (χ1) is 12.5. The van der Waals surface area contributed by atoms with E-state index >= 15 is 0 Å². The van der Waals surface area contributed by atoms with Crippen LogP contribution in [0.5, 0.6) is 0 Å². The van der Waals surface area contributed by atoms with Gasteiger partial charge in [0.2, 0.25) is 5.91 Å². The van der Waals surface area contributed by atoms with Crippen LogP contribution in [0.3, 0.4) is 0 Å². The van der Waals surface area contributed by atoms with Crippen molar-refractivity contribution in [1.29, 1.82) is 0 Å². The second-order valence-corrected chi connectivity index (χ2v) is 7.37. The van der Waals surface area contributed by atoms with Crippen molar-refractivity contribution in [2.24, 2.45) is 11.8 Å². The van der Waals surface area contributed by atoms with Gasteiger partial charge in [-0.05, 0) is 31.0 Å². The van der Waals surface area contributed by atoms with E-state index in [1.165, 1.54) is 16.8 Å². The zero-order valence-electron chi connectivity index (χ0n) is 15.1. The van der Waals surface area contributed by atoms with Crippen LogP contribution in [0.1, 0.15) is 11.1 Å². The van der Waals surface area contributed by atoms with Crippen LogP contribution in [0, 0.1) is 25.7 Å². The van der Waals surface area contributed by atoms with Crippen molar-refractivity contribution < 1.29 is 19.4 Å². The van der Waals surface area contributed by atoms with Crippen molar-refractivity contribution in [2.45, 2.75) is 26.1 Å². The Morgan fingerprint density at radius 2 is 1.69 bits per heavy atom. The molecule has 6 nitrogen and oxygen atoms in total. The quantitative estimate of drug-likeness (QED) is 0.833. The lowest BCUT2D eigenvalue weighted by Gasteiger charge is -2.39. The Balaban J connectivity index is 1.45. The minimum Gasteiger partial charge on any atom is -0.481 e. The molecule has 2 bridgehead atoms. The molecule has 3 aliphatic rings. The van der Waals surface area contributed by atoms with Gasteiger partial charge in [-0.3, -0.25) is 9.59 Å². The van der Waals surface area contributed by atoms with Crippen molar-refractivity contribution >= 4 is 17.6 Å². The summed E-state index contributed by atoms with van der Waals surface area (Å²) in [7, 11) is 0. The van der Waals surface area contributed by atoms with Gasteiger partial charge in [0.1, 0.15) is 5.92 Å². The van der Waals surface area contributed by atoms with E-state index in [4.69, 9.17) is 4.74 Å². The molecule has 1 amide bonds. The van der Waals surface area contributed by atoms with Crippen LogP contribution in [0.4, 0.5) is 5.69 Å². The molecule has 0 unspecified atom stereocenters. The number of carbonyl (C=O) groups is 2. The summed E-state index contributed by atoms with van der Waals surface area (Å²) in [6.45, 7) is 6.95. The average Bonchev–Trinajstić information content (AvgIpc) is 3.25. The van der Waals surface area contributed by atoms with Crippen LogP contribution in [-0.4, -0.2) is 60.3 Å². The molecule has 3 heterocycles. The van der Waals surface area contributed by atoms with Crippen LogP contribution in [-0.2, 0) is 14.3 Å². The zero-order chi connectivity index (χ0) is 18.4. The first-order valence-electron chi connectivity index (χ1n) is 9.14. The molecule has 0 aliphatic carbocycles. The third-order valence-electron chi connectivity index (χ3n) is 5.98. The number of carboxylic acids is 1. The number of aryl methyl sites for hydroxylation is 1. The molecule has 0 spiro atoms. The lowest BCUT2D eigenvalue weighted by molar-refractivity contribution is -0.149. The maximum Gasteiger partial charge on any atom is 0.310 e. The van der Waals surface area contributed by atoms with E-state index in [0.717, 1.165) is 13.1 Å². The lowest BCUT2D eigenvalue weighted by atomic mass is 9.82. The molecule has 138 valence electrons. The second-order valence-electron chi connectivity index (χ2n) is 7.37. The largest absolute Gasteiger partial charge is 0.481 e. The van der Waals surface area contributed by atoms with Crippen molar-refractivity contribution in [1.82, 2.24) is 4.90 Å². The Kier molecular flexibility index (Phi) is 4.23. The number of hydrogen-bond acceptors (Lipinski definition) is 4. The Morgan fingerprint density at radius 3 is 2.35 bits per heavy atom. The number of hydrogen-bond donors (Lipinski definition) is 1. The molecule has 26 heavy (non-hydrogen) atoms. The molecule has 4 rings (SSSR count). The second kappa shape index (κ2) is 6.43. The molecule has 0 aromatic heterocycles. The number of piperazine rings is 1. The number of anilines is 1. The van der Waals surface area contributed by atoms with Gasteiger partial charge in [-0.2, -0.15) is 0 Å². The summed E-state index contributed by atoms with van der Waals surface area (Å²) in [6.07, 6.45) is 2.73. The zero-order valence-corrected chi connectivity index (χ0v) is 15.1. The molecule has 2 saturated heterocycles. The van der Waals surface area contributed by atoms with Gasteiger partial charge >= 0.3 is 5.97 Å². The lowest BCUT2D eigenvalue weighted by Crippen LogP contribution is -2.53. The van der Waals surface area contributed by atoms with Crippen molar-refractivity contribution in [3.8, 4) is 0 Å². The number of rotatable bonds is 3. The monoisotopic (exact) mass is 356 g/mol. The van der Waals surface area contributed by atoms with E-state index in [1.807, 2.05) is 6.08 Å². The molecule has 1 N–H and O–H groups in total. The molecule has 2 fully saturated rings. The van der Waals surface area contributed by atoms with Crippen LogP contribution in [0.25, 0.3) is 0 Å². The fraction of sp³-hybridized carbons (Fsp3) is 0.500. The third kappa shape index (κ3) is 2.69. The number of carbonyl (C=O) groups excluding carboxylic acids is 1. The normalized spacial score (nSPS) is 30.1. The predicted octanol–water partition coefficient (Wildman–Crippen LogP) is 1.61. The Hall–Kier alpha value is -2.34. The summed E-state index contributed by atoms with van der Waals surface area (Å²) < 4.78 is 5.64. The van der Waals surface area contributed by atoms with Crippen LogP contribution < -0.4 is 4.90 Å². The SMILES string of the molecule is Cc1cccc(N2CCN(C(=O)[C@H]3[C@@H](C(=O)O)[C@H]4C=C[C@@H]3O4)CC2)c1C. The summed E-state index contributed by atoms with van der Waals surface area (Å²) in [5.41, 5.74) is 3.74. The minimum atomic E-state index is -0.950. The highest BCUT2D eigenvalue weighted by molar-refractivity contribution is 5.87. The number of amides is 1. The van der Waals surface area contributed by atoms with E-state index in [-0.39, 0.29) is 5.91 Å². The van der Waals surface area contributed by atoms with Crippen molar-refractivity contribution in [3.63, 3.8) is 0 Å². The maximum absolute atomic E-state index is 13.0. The predicted molar refractivity (Wildman–Crippen MR) is 97.1 cm³/mol. The van der Waals surface area contributed by atoms with E-state index in [0.29, 0.717) is 13.1 Å². The van der Waals surface area contributed by atoms with Gasteiger partial charge in [0.15, 0.2) is 0 Å². The van der Waals surface area contributed by atoms with Crippen molar-refractivity contribution in [3.05, 3.63) is 41.5 Å². The van der Waals surface area contributed by atoms with E-state index in [9.17, 15) is 14.7 Å². The topological polar surface area (TPSA) is 70.1 Å². The fourth-order valence-corrected chi connectivity index (χ4v) is 4.35. The van der Waals surface area contributed by atoms with Gasteiger partial charge in [0.05, 0.1) is 18.1 Å². The molecule has 0 saturated carbocycles. The van der Waals surface area contributed by atoms with Gasteiger partial charge < -0.3 is 19.6 Å². The molecule has 1 aromatic rings. The highest BCUT2D eigenvalue weighted by atomic mass is 16.5. The maximum atomic E-state index is 13.0. The summed E-state index contributed by atoms with van der Waals surface area (Å²) in [4.78, 5) is 28.7. The van der Waals surface area contributed by atoms with Gasteiger partial charge in [-0.15, -0.1) is 0 Å². The molecule has 3 aliphatic heterocycles. The third-order valence-corrected chi connectivity index (χ3v) is 5.98. The Morgan fingerprint density at radius 1 is 1.04 bits per heavy atom. The highest BCUT2D eigenvalue weighted by Gasteiger charge is 2.54. The number of carboxylic acid groups (broad SMARTS) is 1. The molecule has 6 heteroatoms. The average molecular weight is 356 g/mol. The summed E-state index contributed by atoms with van der Waals surface area (Å²) >= 11 is 0. The highest BCUT2D eigenvalue weighted by Crippen LogP contribution is 2.40. The van der Waals surface area contributed by atoms with Gasteiger partial charge in [0.25, 0.3) is 0 Å². The van der Waals surface area contributed by atoms with Crippen LogP contribution in [0.2, 0.25) is 0 Å². The van der Waals surface area contributed by atoms with Gasteiger partial charge in [-0.1, -0.05) is 24.3 Å². The number of ether oxygens (including phenoxy) is 1. The fourth-order valence-electron chi connectivity index (χ4n) is 4.35. The Bertz CT molecular complexity index is 767. The molecular formula is C20H24N2O4. The summed E-state index contributed by atoms with van der Waals surface area (Å²) in [5.74, 6) is -2.41. The van der Waals surface area contributed by atoms with E-state index in [1.54, 1.807) is 11.0 Å². The Labute approximate surface area is 153 Å². The number of aliphatic carboxylic acids is 1. The van der Waals surface area contributed by atoms with Crippen LogP contribution >= 0.6 is 0 Å². The molecule has 4 atom stereocenters. The first kappa shape index (κ1) is 17.1. The molecule has 0 radical (unpaired) electrons. The summed E-state index contributed by atoms with van der Waals surface area (Å²) in [6, 6.07) is 6.29. The minimum absolute atomic E-state index is 0.0881. The smallest absolute Gasteiger partial charge is 0.310 e. The van der Waals surface area contributed by atoms with E-state index in [2.05, 4.69) is 36.9 Å². The van der Waals surface area contributed by atoms with Gasteiger partial charge in [-0.25, -0.2) is 0 Å². The molecular weight excluding hydrogens is 332 g/mol.